The first-order valence-corrected chi connectivity index (χ1v) is 7.17. The number of aryl methyl sites for hydroxylation is 2. The van der Waals surface area contributed by atoms with Gasteiger partial charge in [0.05, 0.1) is 30.7 Å². The Morgan fingerprint density at radius 3 is 2.71 bits per heavy atom. The number of nitrogens with one attached hydrogen (secondary N) is 1. The first kappa shape index (κ1) is 15.8. The van der Waals surface area contributed by atoms with Crippen LogP contribution in [0.4, 0.5) is 5.69 Å². The molecular formula is C15H20ClN3O2. The first-order valence-electron chi connectivity index (χ1n) is 6.79. The predicted octanol–water partition coefficient (Wildman–Crippen LogP) is 2.37. The van der Waals surface area contributed by atoms with Crippen molar-refractivity contribution in [1.82, 2.24) is 9.78 Å². The monoisotopic (exact) mass is 309 g/mol. The molecule has 0 aliphatic heterocycles. The average molecular weight is 310 g/mol. The lowest BCUT2D eigenvalue weighted by Crippen LogP contribution is -2.24. The molecule has 0 spiro atoms. The van der Waals surface area contributed by atoms with Gasteiger partial charge in [-0.25, -0.2) is 0 Å². The Kier molecular flexibility index (Phi) is 5.61. The number of hydrogen-bond acceptors (Lipinski definition) is 4. The van der Waals surface area contributed by atoms with E-state index >= 15 is 0 Å². The van der Waals surface area contributed by atoms with E-state index in [1.54, 1.807) is 4.68 Å². The van der Waals surface area contributed by atoms with Crippen molar-refractivity contribution in [2.45, 2.75) is 19.6 Å². The van der Waals surface area contributed by atoms with Crippen molar-refractivity contribution in [3.8, 4) is 0 Å². The molecule has 0 saturated heterocycles. The van der Waals surface area contributed by atoms with Crippen molar-refractivity contribution < 1.29 is 9.84 Å². The van der Waals surface area contributed by atoms with E-state index in [9.17, 15) is 5.11 Å². The van der Waals surface area contributed by atoms with Crippen molar-refractivity contribution in [1.29, 1.82) is 0 Å². The van der Waals surface area contributed by atoms with E-state index in [1.165, 1.54) is 0 Å². The van der Waals surface area contributed by atoms with Crippen LogP contribution in [-0.4, -0.2) is 34.1 Å². The summed E-state index contributed by atoms with van der Waals surface area (Å²) in [5, 5.41) is 18.0. The highest BCUT2D eigenvalue weighted by Gasteiger charge is 2.07. The lowest BCUT2D eigenvalue weighted by molar-refractivity contribution is 0.0348. The number of aromatic nitrogens is 2. The van der Waals surface area contributed by atoms with Gasteiger partial charge < -0.3 is 15.2 Å². The molecule has 2 N–H and O–H groups in total. The highest BCUT2D eigenvalue weighted by atomic mass is 35.5. The molecule has 6 heteroatoms. The number of halogens is 1. The molecule has 1 aromatic carbocycles. The van der Waals surface area contributed by atoms with Crippen LogP contribution in [0.1, 0.15) is 11.3 Å². The van der Waals surface area contributed by atoms with Crippen LogP contribution in [-0.2, 0) is 18.4 Å². The van der Waals surface area contributed by atoms with Crippen molar-refractivity contribution in [2.24, 2.45) is 7.05 Å². The topological polar surface area (TPSA) is 59.3 Å². The number of benzene rings is 1. The molecule has 1 unspecified atom stereocenters. The van der Waals surface area contributed by atoms with Crippen molar-refractivity contribution in [3.63, 3.8) is 0 Å². The Hall–Kier alpha value is -1.56. The van der Waals surface area contributed by atoms with Crippen LogP contribution in [0.2, 0.25) is 5.02 Å². The number of hydrogen-bond donors (Lipinski definition) is 2. The molecule has 1 atom stereocenters. The van der Waals surface area contributed by atoms with E-state index in [0.717, 1.165) is 16.9 Å². The van der Waals surface area contributed by atoms with E-state index < -0.39 is 6.10 Å². The van der Waals surface area contributed by atoms with Gasteiger partial charge in [0.1, 0.15) is 0 Å². The number of ether oxygens (including phenoxy) is 1. The first-order chi connectivity index (χ1) is 10.0. The van der Waals surface area contributed by atoms with Crippen LogP contribution in [0.5, 0.6) is 0 Å². The molecule has 1 heterocycles. The summed E-state index contributed by atoms with van der Waals surface area (Å²) >= 11 is 5.81. The van der Waals surface area contributed by atoms with E-state index in [4.69, 9.17) is 16.3 Å². The molecule has 5 nitrogen and oxygen atoms in total. The molecule has 0 bridgehead atoms. The SMILES string of the molecule is Cc1nn(C)cc1NCC(O)COCc1ccc(Cl)cc1. The van der Waals surface area contributed by atoms with E-state index in [-0.39, 0.29) is 6.61 Å². The van der Waals surface area contributed by atoms with Gasteiger partial charge in [0.2, 0.25) is 0 Å². The van der Waals surface area contributed by atoms with Gasteiger partial charge in [0.25, 0.3) is 0 Å². The lowest BCUT2D eigenvalue weighted by Gasteiger charge is -2.12. The second-order valence-corrected chi connectivity index (χ2v) is 5.41. The molecule has 0 aliphatic carbocycles. The van der Waals surface area contributed by atoms with Crippen molar-refractivity contribution >= 4 is 17.3 Å². The van der Waals surface area contributed by atoms with Crippen molar-refractivity contribution in [3.05, 3.63) is 46.7 Å². The number of rotatable bonds is 7. The molecule has 2 rings (SSSR count). The Morgan fingerprint density at radius 1 is 1.38 bits per heavy atom. The molecule has 0 saturated carbocycles. The molecule has 1 aromatic heterocycles. The zero-order valence-corrected chi connectivity index (χ0v) is 13.0. The third kappa shape index (κ3) is 5.04. The summed E-state index contributed by atoms with van der Waals surface area (Å²) < 4.78 is 7.23. The maximum atomic E-state index is 9.89. The molecule has 0 fully saturated rings. The normalized spacial score (nSPS) is 12.4. The van der Waals surface area contributed by atoms with Gasteiger partial charge in [-0.2, -0.15) is 5.10 Å². The van der Waals surface area contributed by atoms with E-state index in [0.29, 0.717) is 18.2 Å². The van der Waals surface area contributed by atoms with Crippen LogP contribution < -0.4 is 5.32 Å². The van der Waals surface area contributed by atoms with Gasteiger partial charge in [-0.05, 0) is 24.6 Å². The molecule has 21 heavy (non-hydrogen) atoms. The Morgan fingerprint density at radius 2 is 2.10 bits per heavy atom. The Bertz CT molecular complexity index is 569. The summed E-state index contributed by atoms with van der Waals surface area (Å²) in [5.41, 5.74) is 2.86. The van der Waals surface area contributed by atoms with Crippen molar-refractivity contribution in [2.75, 3.05) is 18.5 Å². The fourth-order valence-corrected chi connectivity index (χ4v) is 2.08. The fraction of sp³-hybridized carbons (Fsp3) is 0.400. The van der Waals surface area contributed by atoms with Crippen LogP contribution in [0.15, 0.2) is 30.5 Å². The molecule has 0 aliphatic rings. The Balaban J connectivity index is 1.69. The summed E-state index contributed by atoms with van der Waals surface area (Å²) in [4.78, 5) is 0. The van der Waals surface area contributed by atoms with Crippen LogP contribution in [0.25, 0.3) is 0 Å². The maximum Gasteiger partial charge on any atom is 0.0945 e. The second kappa shape index (κ2) is 7.45. The quantitative estimate of drug-likeness (QED) is 0.824. The summed E-state index contributed by atoms with van der Waals surface area (Å²) in [7, 11) is 1.86. The minimum Gasteiger partial charge on any atom is -0.389 e. The Labute approximate surface area is 129 Å². The molecular weight excluding hydrogens is 290 g/mol. The number of aliphatic hydroxyl groups is 1. The minimum absolute atomic E-state index is 0.273. The average Bonchev–Trinajstić information content (AvgIpc) is 2.77. The predicted molar refractivity (Wildman–Crippen MR) is 83.5 cm³/mol. The molecule has 114 valence electrons. The van der Waals surface area contributed by atoms with Gasteiger partial charge in [-0.1, -0.05) is 23.7 Å². The summed E-state index contributed by atoms with van der Waals surface area (Å²) in [5.74, 6) is 0. The smallest absolute Gasteiger partial charge is 0.0945 e. The highest BCUT2D eigenvalue weighted by Crippen LogP contribution is 2.12. The highest BCUT2D eigenvalue weighted by molar-refractivity contribution is 6.30. The number of aliphatic hydroxyl groups excluding tert-OH is 1. The summed E-state index contributed by atoms with van der Waals surface area (Å²) in [6.45, 7) is 3.08. The van der Waals surface area contributed by atoms with E-state index in [2.05, 4.69) is 10.4 Å². The van der Waals surface area contributed by atoms with Gasteiger partial charge in [0.15, 0.2) is 0 Å². The largest absolute Gasteiger partial charge is 0.389 e. The summed E-state index contributed by atoms with van der Waals surface area (Å²) in [6.07, 6.45) is 1.31. The van der Waals surface area contributed by atoms with Gasteiger partial charge in [-0.3, -0.25) is 4.68 Å². The van der Waals surface area contributed by atoms with Crippen LogP contribution in [0, 0.1) is 6.92 Å². The molecule has 0 amide bonds. The fourth-order valence-electron chi connectivity index (χ4n) is 1.95. The molecule has 0 radical (unpaired) electrons. The van der Waals surface area contributed by atoms with Crippen LogP contribution >= 0.6 is 11.6 Å². The zero-order chi connectivity index (χ0) is 15.2. The van der Waals surface area contributed by atoms with Crippen LogP contribution in [0.3, 0.4) is 0 Å². The van der Waals surface area contributed by atoms with Gasteiger partial charge in [0, 0.05) is 24.8 Å². The van der Waals surface area contributed by atoms with Gasteiger partial charge in [-0.15, -0.1) is 0 Å². The lowest BCUT2D eigenvalue weighted by atomic mass is 10.2. The third-order valence-corrected chi connectivity index (χ3v) is 3.29. The zero-order valence-electron chi connectivity index (χ0n) is 12.2. The number of anilines is 1. The van der Waals surface area contributed by atoms with E-state index in [1.807, 2.05) is 44.4 Å². The maximum absolute atomic E-state index is 9.89. The minimum atomic E-state index is -0.572. The molecule has 2 aromatic rings. The number of nitrogens with zero attached hydrogens (tertiary/aromatic N) is 2. The third-order valence-electron chi connectivity index (χ3n) is 3.03. The standard InChI is InChI=1S/C15H20ClN3O2/c1-11-15(8-19(2)18-11)17-7-14(20)10-21-9-12-3-5-13(16)6-4-12/h3-6,8,14,17,20H,7,9-10H2,1-2H3. The summed E-state index contributed by atoms with van der Waals surface area (Å²) in [6, 6.07) is 7.46. The van der Waals surface area contributed by atoms with Gasteiger partial charge >= 0.3 is 0 Å². The second-order valence-electron chi connectivity index (χ2n) is 4.98.